The number of para-hydroxylation sites is 1. The van der Waals surface area contributed by atoms with Crippen LogP contribution >= 0.6 is 11.8 Å². The number of rotatable bonds is 7. The Hall–Kier alpha value is -2.09. The number of ether oxygens (including phenoxy) is 1. The van der Waals surface area contributed by atoms with Crippen LogP contribution in [0.15, 0.2) is 33.9 Å². The van der Waals surface area contributed by atoms with Crippen LogP contribution in [-0.4, -0.2) is 27.9 Å². The van der Waals surface area contributed by atoms with Crippen LogP contribution in [0.3, 0.4) is 0 Å². The van der Waals surface area contributed by atoms with E-state index in [0.29, 0.717) is 17.2 Å². The van der Waals surface area contributed by atoms with Crippen molar-refractivity contribution in [2.45, 2.75) is 43.6 Å². The molecule has 0 saturated heterocycles. The van der Waals surface area contributed by atoms with Gasteiger partial charge in [0.25, 0.3) is 11.1 Å². The van der Waals surface area contributed by atoms with E-state index in [4.69, 9.17) is 9.15 Å². The number of thioether (sulfide) groups is 1. The van der Waals surface area contributed by atoms with E-state index < -0.39 is 5.82 Å². The second-order valence-corrected chi connectivity index (χ2v) is 7.74. The van der Waals surface area contributed by atoms with Crippen LogP contribution < -0.4 is 10.1 Å². The van der Waals surface area contributed by atoms with Crippen molar-refractivity contribution >= 4 is 17.7 Å². The molecule has 1 aromatic heterocycles. The lowest BCUT2D eigenvalue weighted by Gasteiger charge is -2.22. The van der Waals surface area contributed by atoms with Crippen molar-refractivity contribution < 1.29 is 18.3 Å². The molecular weight excluding hydrogens is 357 g/mol. The Morgan fingerprint density at radius 2 is 2.19 bits per heavy atom. The first kappa shape index (κ1) is 17.3. The highest BCUT2D eigenvalue weighted by atomic mass is 32.2. The normalized spacial score (nSPS) is 24.0. The van der Waals surface area contributed by atoms with Crippen molar-refractivity contribution in [2.24, 2.45) is 11.8 Å². The average Bonchev–Trinajstić information content (AvgIpc) is 3.36. The first-order chi connectivity index (χ1) is 12.7. The molecule has 0 radical (unpaired) electrons. The lowest BCUT2D eigenvalue weighted by atomic mass is 9.95. The number of hydrogen-bond acceptors (Lipinski definition) is 6. The summed E-state index contributed by atoms with van der Waals surface area (Å²) in [6.07, 6.45) is 4.91. The van der Waals surface area contributed by atoms with E-state index in [1.807, 2.05) is 0 Å². The zero-order valence-corrected chi connectivity index (χ0v) is 15.0. The summed E-state index contributed by atoms with van der Waals surface area (Å²) < 4.78 is 24.2. The number of nitrogens with one attached hydrogen (secondary N) is 1. The highest BCUT2D eigenvalue weighted by molar-refractivity contribution is 7.99. The van der Waals surface area contributed by atoms with E-state index in [1.165, 1.54) is 43.2 Å². The van der Waals surface area contributed by atoms with Gasteiger partial charge in [0.2, 0.25) is 5.91 Å². The van der Waals surface area contributed by atoms with Crippen LogP contribution in [0.2, 0.25) is 0 Å². The fourth-order valence-electron chi connectivity index (χ4n) is 3.85. The number of amides is 1. The van der Waals surface area contributed by atoms with Gasteiger partial charge >= 0.3 is 0 Å². The number of nitrogens with zero attached hydrogens (tertiary/aromatic N) is 2. The first-order valence-corrected chi connectivity index (χ1v) is 9.78. The van der Waals surface area contributed by atoms with E-state index in [0.717, 1.165) is 12.3 Å². The molecule has 0 aliphatic heterocycles. The minimum absolute atomic E-state index is 0.00472. The number of hydrogen-bond donors (Lipinski definition) is 1. The van der Waals surface area contributed by atoms with E-state index >= 15 is 0 Å². The molecule has 26 heavy (non-hydrogen) atoms. The molecule has 0 spiro atoms. The predicted octanol–water partition coefficient (Wildman–Crippen LogP) is 3.18. The van der Waals surface area contributed by atoms with E-state index in [-0.39, 0.29) is 29.9 Å². The Kier molecular flexibility index (Phi) is 5.10. The van der Waals surface area contributed by atoms with Gasteiger partial charge in [0.15, 0.2) is 18.2 Å². The maximum absolute atomic E-state index is 13.5. The molecule has 1 amide bonds. The Bertz CT molecular complexity index is 785. The predicted molar refractivity (Wildman–Crippen MR) is 93.1 cm³/mol. The Morgan fingerprint density at radius 3 is 2.96 bits per heavy atom. The lowest BCUT2D eigenvalue weighted by Crippen LogP contribution is -2.39. The zero-order valence-electron chi connectivity index (χ0n) is 14.2. The standard InChI is InChI=1S/C18H20FN3O3S/c19-13-3-1-2-4-15(13)24-9-17-21-22-18(25-17)26-10-16(23)20-14-8-11-5-6-12(14)7-11/h1-4,11-12,14H,5-10H2,(H,20,23)/t11-,12-,14-/m0/s1. The molecule has 2 saturated carbocycles. The largest absolute Gasteiger partial charge is 0.481 e. The van der Waals surface area contributed by atoms with Gasteiger partial charge in [-0.1, -0.05) is 30.3 Å². The molecule has 2 aliphatic carbocycles. The quantitative estimate of drug-likeness (QED) is 0.747. The average molecular weight is 377 g/mol. The highest BCUT2D eigenvalue weighted by Crippen LogP contribution is 2.44. The molecule has 2 fully saturated rings. The summed E-state index contributed by atoms with van der Waals surface area (Å²) in [5.41, 5.74) is 0. The second kappa shape index (κ2) is 7.65. The van der Waals surface area contributed by atoms with E-state index in [2.05, 4.69) is 15.5 Å². The van der Waals surface area contributed by atoms with Crippen molar-refractivity contribution in [1.82, 2.24) is 15.5 Å². The SMILES string of the molecule is O=C(CSc1nnc(COc2ccccc2F)o1)N[C@H]1C[C@H]2CC[C@H]1C2. The number of carbonyl (C=O) groups excluding carboxylic acids is 1. The van der Waals surface area contributed by atoms with E-state index in [9.17, 15) is 9.18 Å². The van der Waals surface area contributed by atoms with Crippen LogP contribution in [0.4, 0.5) is 4.39 Å². The third kappa shape index (κ3) is 4.00. The second-order valence-electron chi connectivity index (χ2n) is 6.82. The summed E-state index contributed by atoms with van der Waals surface area (Å²) in [5.74, 6) is 1.61. The number of carbonyl (C=O) groups is 1. The molecule has 1 heterocycles. The van der Waals surface area contributed by atoms with Crippen LogP contribution in [-0.2, 0) is 11.4 Å². The van der Waals surface area contributed by atoms with Crippen molar-refractivity contribution in [3.05, 3.63) is 36.0 Å². The molecule has 4 rings (SSSR count). The molecule has 2 aliphatic rings. The van der Waals surface area contributed by atoms with Crippen molar-refractivity contribution in [2.75, 3.05) is 5.75 Å². The molecular formula is C18H20FN3O3S. The summed E-state index contributed by atoms with van der Waals surface area (Å²) in [4.78, 5) is 12.1. The van der Waals surface area contributed by atoms with Gasteiger partial charge in [-0.15, -0.1) is 10.2 Å². The fraction of sp³-hybridized carbons (Fsp3) is 0.500. The molecule has 138 valence electrons. The maximum Gasteiger partial charge on any atom is 0.277 e. The zero-order chi connectivity index (χ0) is 17.9. The Morgan fingerprint density at radius 1 is 1.31 bits per heavy atom. The summed E-state index contributed by atoms with van der Waals surface area (Å²) >= 11 is 1.20. The summed E-state index contributed by atoms with van der Waals surface area (Å²) in [6.45, 7) is -0.0220. The third-order valence-electron chi connectivity index (χ3n) is 5.05. The monoisotopic (exact) mass is 377 g/mol. The van der Waals surface area contributed by atoms with Gasteiger partial charge in [-0.3, -0.25) is 4.79 Å². The van der Waals surface area contributed by atoms with Crippen molar-refractivity contribution in [3.63, 3.8) is 0 Å². The molecule has 0 unspecified atom stereocenters. The van der Waals surface area contributed by atoms with Gasteiger partial charge in [0.1, 0.15) is 0 Å². The Labute approximate surface area is 154 Å². The van der Waals surface area contributed by atoms with Gasteiger partial charge in [0, 0.05) is 6.04 Å². The van der Waals surface area contributed by atoms with Gasteiger partial charge in [0.05, 0.1) is 5.75 Å². The van der Waals surface area contributed by atoms with Crippen LogP contribution in [0.5, 0.6) is 5.75 Å². The molecule has 6 nitrogen and oxygen atoms in total. The molecule has 8 heteroatoms. The number of benzene rings is 1. The highest BCUT2D eigenvalue weighted by Gasteiger charge is 2.40. The summed E-state index contributed by atoms with van der Waals surface area (Å²) in [6, 6.07) is 6.45. The maximum atomic E-state index is 13.5. The van der Waals surface area contributed by atoms with Gasteiger partial charge < -0.3 is 14.5 Å². The minimum atomic E-state index is -0.445. The van der Waals surface area contributed by atoms with Crippen LogP contribution in [0, 0.1) is 17.7 Å². The summed E-state index contributed by atoms with van der Waals surface area (Å²) in [5, 5.41) is 11.2. The van der Waals surface area contributed by atoms with Crippen LogP contribution in [0.25, 0.3) is 0 Å². The molecule has 1 N–H and O–H groups in total. The molecule has 3 atom stereocenters. The molecule has 2 bridgehead atoms. The summed E-state index contributed by atoms with van der Waals surface area (Å²) in [7, 11) is 0. The number of fused-ring (bicyclic) bond motifs is 2. The topological polar surface area (TPSA) is 77.2 Å². The smallest absolute Gasteiger partial charge is 0.277 e. The van der Waals surface area contributed by atoms with Crippen molar-refractivity contribution in [1.29, 1.82) is 0 Å². The van der Waals surface area contributed by atoms with Crippen LogP contribution in [0.1, 0.15) is 31.6 Å². The van der Waals surface area contributed by atoms with Gasteiger partial charge in [-0.05, 0) is 43.2 Å². The Balaban J connectivity index is 1.22. The van der Waals surface area contributed by atoms with Crippen molar-refractivity contribution in [3.8, 4) is 5.75 Å². The lowest BCUT2D eigenvalue weighted by molar-refractivity contribution is -0.119. The van der Waals surface area contributed by atoms with E-state index in [1.54, 1.807) is 12.1 Å². The number of halogens is 1. The molecule has 2 aromatic rings. The van der Waals surface area contributed by atoms with Gasteiger partial charge in [-0.25, -0.2) is 4.39 Å². The fourth-order valence-corrected chi connectivity index (χ4v) is 4.44. The first-order valence-electron chi connectivity index (χ1n) is 8.79. The molecule has 1 aromatic carbocycles. The third-order valence-corrected chi connectivity index (χ3v) is 5.87. The minimum Gasteiger partial charge on any atom is -0.481 e. The van der Waals surface area contributed by atoms with Gasteiger partial charge in [-0.2, -0.15) is 0 Å². The number of aromatic nitrogens is 2.